The number of hydrogen-bond acceptors (Lipinski definition) is 5. The molecule has 26 heavy (non-hydrogen) atoms. The van der Waals surface area contributed by atoms with Crippen molar-refractivity contribution in [2.75, 3.05) is 6.54 Å². The molecule has 3 aromatic rings. The van der Waals surface area contributed by atoms with Gasteiger partial charge in [0.25, 0.3) is 11.5 Å². The molecule has 0 bridgehead atoms. The fraction of sp³-hybridized carbons (Fsp3) is 0.333. The molecule has 1 N–H and O–H groups in total. The number of aromatic nitrogens is 4. The van der Waals surface area contributed by atoms with Crippen LogP contribution in [0.2, 0.25) is 0 Å². The summed E-state index contributed by atoms with van der Waals surface area (Å²) in [4.78, 5) is 25.4. The summed E-state index contributed by atoms with van der Waals surface area (Å²) in [6.45, 7) is 0.681. The number of amides is 1. The minimum Gasteiger partial charge on any atom is -0.349 e. The minimum atomic E-state index is -0.214. The van der Waals surface area contributed by atoms with Crippen LogP contribution < -0.4 is 10.9 Å². The van der Waals surface area contributed by atoms with Crippen LogP contribution in [0.1, 0.15) is 34.9 Å². The summed E-state index contributed by atoms with van der Waals surface area (Å²) < 4.78 is 3.00. The number of carbonyl (C=O) groups is 1. The molecule has 0 unspecified atom stereocenters. The molecule has 1 fully saturated rings. The lowest BCUT2D eigenvalue weighted by atomic mass is 10.3. The fourth-order valence-corrected chi connectivity index (χ4v) is 3.49. The highest BCUT2D eigenvalue weighted by Crippen LogP contribution is 2.38. The lowest BCUT2D eigenvalue weighted by Crippen LogP contribution is -2.33. The van der Waals surface area contributed by atoms with Gasteiger partial charge in [-0.3, -0.25) is 14.3 Å². The highest BCUT2D eigenvalue weighted by molar-refractivity contribution is 7.13. The van der Waals surface area contributed by atoms with E-state index in [1.54, 1.807) is 41.3 Å². The average molecular weight is 369 g/mol. The molecule has 0 aliphatic heterocycles. The number of rotatable bonds is 6. The Bertz CT molecular complexity index is 985. The molecule has 0 aromatic carbocycles. The summed E-state index contributed by atoms with van der Waals surface area (Å²) in [7, 11) is 1.75. The number of nitrogens with one attached hydrogen (secondary N) is 1. The summed E-state index contributed by atoms with van der Waals surface area (Å²) in [5.41, 5.74) is 2.08. The molecule has 0 atom stereocenters. The third-order valence-corrected chi connectivity index (χ3v) is 5.27. The van der Waals surface area contributed by atoms with Gasteiger partial charge in [-0.2, -0.15) is 10.2 Å². The predicted molar refractivity (Wildman–Crippen MR) is 99.3 cm³/mol. The molecular weight excluding hydrogens is 350 g/mol. The normalized spacial score (nSPS) is 13.7. The molecule has 1 aliphatic rings. The summed E-state index contributed by atoms with van der Waals surface area (Å²) in [5, 5.41) is 13.6. The standard InChI is InChI=1S/C18H19N5O2S/c1-22-15(11-14(20-22)16-3-2-10-26-16)18(25)19-8-9-23-17(24)7-6-13(21-23)12-4-5-12/h2-3,6-7,10-12H,4-5,8-9H2,1H3,(H,19,25). The van der Waals surface area contributed by atoms with Crippen molar-refractivity contribution in [2.45, 2.75) is 25.3 Å². The van der Waals surface area contributed by atoms with E-state index in [0.717, 1.165) is 29.1 Å². The third kappa shape index (κ3) is 3.45. The maximum atomic E-state index is 12.4. The van der Waals surface area contributed by atoms with E-state index >= 15 is 0 Å². The Kier molecular flexibility index (Phi) is 4.42. The molecule has 0 radical (unpaired) electrons. The lowest BCUT2D eigenvalue weighted by Gasteiger charge is -2.08. The SMILES string of the molecule is Cn1nc(-c2cccs2)cc1C(=O)NCCn1nc(C2CC2)ccc1=O. The minimum absolute atomic E-state index is 0.149. The van der Waals surface area contributed by atoms with Gasteiger partial charge in [-0.15, -0.1) is 11.3 Å². The Morgan fingerprint density at radius 2 is 2.15 bits per heavy atom. The number of carbonyl (C=O) groups excluding carboxylic acids is 1. The van der Waals surface area contributed by atoms with E-state index in [2.05, 4.69) is 15.5 Å². The largest absolute Gasteiger partial charge is 0.349 e. The van der Waals surface area contributed by atoms with Gasteiger partial charge in [0, 0.05) is 25.6 Å². The van der Waals surface area contributed by atoms with Crippen molar-refractivity contribution in [3.8, 4) is 10.6 Å². The lowest BCUT2D eigenvalue weighted by molar-refractivity contribution is 0.0942. The maximum absolute atomic E-state index is 12.4. The Balaban J connectivity index is 1.40. The van der Waals surface area contributed by atoms with Crippen LogP contribution in [-0.2, 0) is 13.6 Å². The summed E-state index contributed by atoms with van der Waals surface area (Å²) in [6.07, 6.45) is 2.27. The molecule has 3 aromatic heterocycles. The van der Waals surface area contributed by atoms with Crippen molar-refractivity contribution in [1.29, 1.82) is 0 Å². The van der Waals surface area contributed by atoms with Gasteiger partial charge in [0.15, 0.2) is 0 Å². The third-order valence-electron chi connectivity index (χ3n) is 4.38. The molecule has 134 valence electrons. The summed E-state index contributed by atoms with van der Waals surface area (Å²) in [6, 6.07) is 9.06. The average Bonchev–Trinajstić information content (AvgIpc) is 3.18. The van der Waals surface area contributed by atoms with E-state index in [1.807, 2.05) is 17.5 Å². The number of thiophene rings is 1. The van der Waals surface area contributed by atoms with Crippen LogP contribution in [0, 0.1) is 0 Å². The van der Waals surface area contributed by atoms with E-state index in [9.17, 15) is 9.59 Å². The van der Waals surface area contributed by atoms with E-state index in [4.69, 9.17) is 0 Å². The van der Waals surface area contributed by atoms with Gasteiger partial charge < -0.3 is 5.32 Å². The first-order chi connectivity index (χ1) is 12.6. The topological polar surface area (TPSA) is 81.8 Å². The smallest absolute Gasteiger partial charge is 0.269 e. The van der Waals surface area contributed by atoms with E-state index in [0.29, 0.717) is 24.7 Å². The predicted octanol–water partition coefficient (Wildman–Crippen LogP) is 2.01. The molecule has 1 amide bonds. The van der Waals surface area contributed by atoms with Gasteiger partial charge in [0.2, 0.25) is 0 Å². The molecule has 0 spiro atoms. The van der Waals surface area contributed by atoms with Gasteiger partial charge in [0.1, 0.15) is 11.4 Å². The van der Waals surface area contributed by atoms with Crippen LogP contribution in [0.3, 0.4) is 0 Å². The van der Waals surface area contributed by atoms with Crippen molar-refractivity contribution < 1.29 is 4.79 Å². The number of nitrogens with zero attached hydrogens (tertiary/aromatic N) is 4. The van der Waals surface area contributed by atoms with Gasteiger partial charge in [-0.1, -0.05) is 6.07 Å². The second-order valence-corrected chi connectivity index (χ2v) is 7.31. The van der Waals surface area contributed by atoms with Crippen molar-refractivity contribution in [2.24, 2.45) is 7.05 Å². The van der Waals surface area contributed by atoms with Crippen LogP contribution in [-0.4, -0.2) is 32.0 Å². The van der Waals surface area contributed by atoms with Crippen LogP contribution >= 0.6 is 11.3 Å². The second kappa shape index (κ2) is 6.87. The van der Waals surface area contributed by atoms with Gasteiger partial charge in [-0.25, -0.2) is 4.68 Å². The fourth-order valence-electron chi connectivity index (χ4n) is 2.81. The van der Waals surface area contributed by atoms with E-state index in [1.165, 1.54) is 4.68 Å². The molecular formula is C18H19N5O2S. The Morgan fingerprint density at radius 1 is 1.31 bits per heavy atom. The molecule has 7 nitrogen and oxygen atoms in total. The van der Waals surface area contributed by atoms with Crippen LogP contribution in [0.25, 0.3) is 10.6 Å². The molecule has 3 heterocycles. The van der Waals surface area contributed by atoms with Gasteiger partial charge in [0.05, 0.1) is 17.1 Å². The van der Waals surface area contributed by atoms with Gasteiger partial charge in [-0.05, 0) is 36.4 Å². The Morgan fingerprint density at radius 3 is 2.88 bits per heavy atom. The first kappa shape index (κ1) is 16.7. The first-order valence-corrected chi connectivity index (χ1v) is 9.44. The Hall–Kier alpha value is -2.74. The van der Waals surface area contributed by atoms with Gasteiger partial charge >= 0.3 is 0 Å². The van der Waals surface area contributed by atoms with Crippen molar-refractivity contribution in [1.82, 2.24) is 24.9 Å². The molecule has 1 aliphatic carbocycles. The van der Waals surface area contributed by atoms with Crippen molar-refractivity contribution >= 4 is 17.2 Å². The number of aryl methyl sites for hydroxylation is 1. The highest BCUT2D eigenvalue weighted by atomic mass is 32.1. The maximum Gasteiger partial charge on any atom is 0.269 e. The first-order valence-electron chi connectivity index (χ1n) is 8.56. The highest BCUT2D eigenvalue weighted by Gasteiger charge is 2.25. The summed E-state index contributed by atoms with van der Waals surface area (Å²) >= 11 is 1.58. The second-order valence-electron chi connectivity index (χ2n) is 6.37. The zero-order valence-electron chi connectivity index (χ0n) is 14.4. The summed E-state index contributed by atoms with van der Waals surface area (Å²) in [5.74, 6) is 0.274. The van der Waals surface area contributed by atoms with E-state index in [-0.39, 0.29) is 11.5 Å². The molecule has 4 rings (SSSR count). The van der Waals surface area contributed by atoms with Crippen molar-refractivity contribution in [3.63, 3.8) is 0 Å². The molecule has 0 saturated heterocycles. The van der Waals surface area contributed by atoms with E-state index < -0.39 is 0 Å². The molecule has 1 saturated carbocycles. The molecule has 8 heteroatoms. The van der Waals surface area contributed by atoms with Crippen LogP contribution in [0.5, 0.6) is 0 Å². The monoisotopic (exact) mass is 369 g/mol. The zero-order valence-corrected chi connectivity index (χ0v) is 15.2. The quantitative estimate of drug-likeness (QED) is 0.721. The van der Waals surface area contributed by atoms with Crippen LogP contribution in [0.15, 0.2) is 40.5 Å². The number of hydrogen-bond donors (Lipinski definition) is 1. The van der Waals surface area contributed by atoms with Crippen LogP contribution in [0.4, 0.5) is 0 Å². The van der Waals surface area contributed by atoms with Crippen molar-refractivity contribution in [3.05, 3.63) is 57.5 Å². The zero-order chi connectivity index (χ0) is 18.1. The Labute approximate surface area is 154 Å².